The third kappa shape index (κ3) is 5.16. The summed E-state index contributed by atoms with van der Waals surface area (Å²) in [6.07, 6.45) is -1.52. The second kappa shape index (κ2) is 8.03. The quantitative estimate of drug-likeness (QED) is 0.719. The summed E-state index contributed by atoms with van der Waals surface area (Å²) < 4.78 is 38.5. The summed E-state index contributed by atoms with van der Waals surface area (Å²) in [5.74, 6) is -0.379. The fourth-order valence-corrected chi connectivity index (χ4v) is 2.71. The highest BCUT2D eigenvalue weighted by atomic mass is 19.4. The van der Waals surface area contributed by atoms with Crippen LogP contribution in [-0.2, 0) is 23.9 Å². The van der Waals surface area contributed by atoms with Crippen LogP contribution in [0.25, 0.3) is 0 Å². The van der Waals surface area contributed by atoms with Crippen molar-refractivity contribution in [3.05, 3.63) is 83.7 Å². The minimum absolute atomic E-state index is 0.153. The number of carbonyl (C=O) groups excluding carboxylic acids is 1. The van der Waals surface area contributed by atoms with E-state index in [0.29, 0.717) is 12.1 Å². The van der Waals surface area contributed by atoms with E-state index in [9.17, 15) is 18.0 Å². The molecule has 0 spiro atoms. The molecule has 1 atom stereocenters. The molecule has 2 aromatic carbocycles. The number of nitrogens with one attached hydrogen (secondary N) is 1. The van der Waals surface area contributed by atoms with Gasteiger partial charge in [0, 0.05) is 0 Å². The van der Waals surface area contributed by atoms with Gasteiger partial charge in [0.25, 0.3) is 0 Å². The summed E-state index contributed by atoms with van der Waals surface area (Å²) in [5.41, 5.74) is 0.381. The van der Waals surface area contributed by atoms with E-state index in [0.717, 1.165) is 17.7 Å². The minimum Gasteiger partial charge on any atom is -0.347 e. The normalized spacial score (nSPS) is 12.6. The van der Waals surface area contributed by atoms with E-state index < -0.39 is 17.8 Å². The van der Waals surface area contributed by atoms with Crippen molar-refractivity contribution in [2.45, 2.75) is 25.2 Å². The van der Waals surface area contributed by atoms with Crippen LogP contribution < -0.4 is 5.32 Å². The summed E-state index contributed by atoms with van der Waals surface area (Å²) in [4.78, 5) is 13.9. The number of nitrogens with zero attached hydrogens (tertiary/aromatic N) is 3. The molecule has 27 heavy (non-hydrogen) atoms. The number of rotatable bonds is 6. The van der Waals surface area contributed by atoms with E-state index >= 15 is 0 Å². The summed E-state index contributed by atoms with van der Waals surface area (Å²) in [5, 5.41) is 10.9. The molecule has 5 nitrogen and oxygen atoms in total. The van der Waals surface area contributed by atoms with Gasteiger partial charge in [0.1, 0.15) is 0 Å². The van der Waals surface area contributed by atoms with Crippen molar-refractivity contribution < 1.29 is 18.0 Å². The van der Waals surface area contributed by atoms with Gasteiger partial charge in [0.2, 0.25) is 5.91 Å². The smallest absolute Gasteiger partial charge is 0.347 e. The van der Waals surface area contributed by atoms with E-state index in [1.165, 1.54) is 29.3 Å². The molecule has 0 saturated carbocycles. The van der Waals surface area contributed by atoms with Gasteiger partial charge in [-0.15, -0.1) is 0 Å². The summed E-state index contributed by atoms with van der Waals surface area (Å²) in [7, 11) is 0. The molecule has 3 rings (SSSR count). The molecule has 0 fully saturated rings. The number of carbonyl (C=O) groups is 1. The highest BCUT2D eigenvalue weighted by Crippen LogP contribution is 2.29. The van der Waals surface area contributed by atoms with Crippen LogP contribution in [0.2, 0.25) is 0 Å². The van der Waals surface area contributed by atoms with Crippen molar-refractivity contribution in [1.29, 1.82) is 0 Å². The molecule has 0 bridgehead atoms. The SMILES string of the molecule is O=C(Cc1cccc(C(F)(F)F)c1)NC(Cn1nccn1)c1ccccc1. The fourth-order valence-electron chi connectivity index (χ4n) is 2.71. The maximum absolute atomic E-state index is 12.8. The van der Waals surface area contributed by atoms with Crippen LogP contribution in [0.15, 0.2) is 67.0 Å². The van der Waals surface area contributed by atoms with E-state index in [1.54, 1.807) is 0 Å². The van der Waals surface area contributed by atoms with Gasteiger partial charge in [0.05, 0.1) is 37.0 Å². The van der Waals surface area contributed by atoms with Gasteiger partial charge >= 0.3 is 6.18 Å². The van der Waals surface area contributed by atoms with Gasteiger partial charge in [-0.25, -0.2) is 0 Å². The Bertz CT molecular complexity index is 879. The van der Waals surface area contributed by atoms with Crippen LogP contribution in [0.4, 0.5) is 13.2 Å². The molecule has 1 heterocycles. The molecule has 1 aromatic heterocycles. The molecule has 8 heteroatoms. The first-order valence-electron chi connectivity index (χ1n) is 8.26. The lowest BCUT2D eigenvalue weighted by atomic mass is 10.0. The summed E-state index contributed by atoms with van der Waals surface area (Å²) in [6, 6.07) is 13.6. The predicted molar refractivity (Wildman–Crippen MR) is 92.5 cm³/mol. The number of hydrogen-bond donors (Lipinski definition) is 1. The molecule has 3 aromatic rings. The molecule has 0 aliphatic rings. The van der Waals surface area contributed by atoms with Crippen molar-refractivity contribution in [2.24, 2.45) is 0 Å². The highest BCUT2D eigenvalue weighted by molar-refractivity contribution is 5.79. The number of amides is 1. The fraction of sp³-hybridized carbons (Fsp3) is 0.211. The van der Waals surface area contributed by atoms with E-state index in [2.05, 4.69) is 15.5 Å². The molecule has 1 N–H and O–H groups in total. The summed E-state index contributed by atoms with van der Waals surface area (Å²) >= 11 is 0. The highest BCUT2D eigenvalue weighted by Gasteiger charge is 2.30. The van der Waals surface area contributed by atoms with Crippen LogP contribution in [0.5, 0.6) is 0 Å². The number of benzene rings is 2. The predicted octanol–water partition coefficient (Wildman–Crippen LogP) is 3.40. The third-order valence-corrected chi connectivity index (χ3v) is 3.97. The lowest BCUT2D eigenvalue weighted by molar-refractivity contribution is -0.137. The van der Waals surface area contributed by atoms with Crippen molar-refractivity contribution >= 4 is 5.91 Å². The molecule has 1 unspecified atom stereocenters. The Morgan fingerprint density at radius 2 is 1.74 bits per heavy atom. The molecular formula is C19H17F3N4O. The van der Waals surface area contributed by atoms with Crippen molar-refractivity contribution in [1.82, 2.24) is 20.3 Å². The Hall–Kier alpha value is -3.16. The minimum atomic E-state index is -4.44. The van der Waals surface area contributed by atoms with Crippen molar-refractivity contribution in [3.63, 3.8) is 0 Å². The Morgan fingerprint density at radius 3 is 2.41 bits per heavy atom. The van der Waals surface area contributed by atoms with Gasteiger partial charge < -0.3 is 5.32 Å². The average molecular weight is 374 g/mol. The lowest BCUT2D eigenvalue weighted by Crippen LogP contribution is -2.33. The first-order chi connectivity index (χ1) is 12.9. The molecule has 0 saturated heterocycles. The Labute approximate surface area is 153 Å². The van der Waals surface area contributed by atoms with Crippen LogP contribution in [0.3, 0.4) is 0 Å². The maximum Gasteiger partial charge on any atom is 0.416 e. The van der Waals surface area contributed by atoms with Gasteiger partial charge in [-0.3, -0.25) is 4.79 Å². The van der Waals surface area contributed by atoms with Crippen LogP contribution >= 0.6 is 0 Å². The van der Waals surface area contributed by atoms with E-state index in [-0.39, 0.29) is 12.3 Å². The van der Waals surface area contributed by atoms with Crippen LogP contribution in [0, 0.1) is 0 Å². The monoisotopic (exact) mass is 374 g/mol. The van der Waals surface area contributed by atoms with E-state index in [1.807, 2.05) is 30.3 Å². The molecule has 0 radical (unpaired) electrons. The molecule has 0 aliphatic carbocycles. The second-order valence-electron chi connectivity index (χ2n) is 5.99. The maximum atomic E-state index is 12.8. The molecule has 0 aliphatic heterocycles. The second-order valence-corrected chi connectivity index (χ2v) is 5.99. The number of alkyl halides is 3. The van der Waals surface area contributed by atoms with Gasteiger partial charge in [-0.05, 0) is 17.2 Å². The first kappa shape index (κ1) is 18.6. The zero-order valence-corrected chi connectivity index (χ0v) is 14.2. The van der Waals surface area contributed by atoms with Crippen molar-refractivity contribution in [3.8, 4) is 0 Å². The van der Waals surface area contributed by atoms with Gasteiger partial charge in [0.15, 0.2) is 0 Å². The first-order valence-corrected chi connectivity index (χ1v) is 8.26. The Kier molecular flexibility index (Phi) is 5.54. The third-order valence-electron chi connectivity index (χ3n) is 3.97. The topological polar surface area (TPSA) is 59.8 Å². The van der Waals surface area contributed by atoms with Crippen molar-refractivity contribution in [2.75, 3.05) is 0 Å². The van der Waals surface area contributed by atoms with E-state index in [4.69, 9.17) is 0 Å². The standard InChI is InChI=1S/C19H17F3N4O/c20-19(21,22)16-8-4-5-14(11-16)12-18(27)25-17(13-26-23-9-10-24-26)15-6-2-1-3-7-15/h1-11,17H,12-13H2,(H,25,27). The average Bonchev–Trinajstić information content (AvgIpc) is 3.14. The Balaban J connectivity index is 1.73. The van der Waals surface area contributed by atoms with Gasteiger partial charge in [-0.1, -0.05) is 48.5 Å². The van der Waals surface area contributed by atoms with Crippen LogP contribution in [-0.4, -0.2) is 20.9 Å². The summed E-state index contributed by atoms with van der Waals surface area (Å²) in [6.45, 7) is 0.311. The lowest BCUT2D eigenvalue weighted by Gasteiger charge is -2.19. The zero-order chi connectivity index (χ0) is 19.3. The molecular weight excluding hydrogens is 357 g/mol. The number of aromatic nitrogens is 3. The molecule has 1 amide bonds. The van der Waals surface area contributed by atoms with Gasteiger partial charge in [-0.2, -0.15) is 28.2 Å². The Morgan fingerprint density at radius 1 is 1.04 bits per heavy atom. The van der Waals surface area contributed by atoms with Crippen LogP contribution in [0.1, 0.15) is 22.7 Å². The number of hydrogen-bond acceptors (Lipinski definition) is 3. The molecule has 140 valence electrons. The number of halogens is 3. The largest absolute Gasteiger partial charge is 0.416 e. The zero-order valence-electron chi connectivity index (χ0n) is 14.2.